The van der Waals surface area contributed by atoms with Crippen LogP contribution in [0.15, 0.2) is 24.3 Å². The lowest BCUT2D eigenvalue weighted by Crippen LogP contribution is -2.61. The van der Waals surface area contributed by atoms with Crippen molar-refractivity contribution in [2.24, 2.45) is 17.6 Å². The van der Waals surface area contributed by atoms with Crippen molar-refractivity contribution in [2.75, 3.05) is 13.7 Å². The zero-order valence-electron chi connectivity index (χ0n) is 30.8. The average Bonchev–Trinajstić information content (AvgIpc) is 3.79. The van der Waals surface area contributed by atoms with E-state index in [-0.39, 0.29) is 122 Å². The van der Waals surface area contributed by atoms with E-state index in [0.717, 1.165) is 56.1 Å². The molecule has 10 heterocycles. The first-order valence-corrected chi connectivity index (χ1v) is 20.2. The molecule has 52 heavy (non-hydrogen) atoms. The van der Waals surface area contributed by atoms with Gasteiger partial charge in [0.2, 0.25) is 0 Å². The highest BCUT2D eigenvalue weighted by Gasteiger charge is 2.68. The predicted molar refractivity (Wildman–Crippen MR) is 186 cm³/mol. The number of aliphatic hydroxyl groups excluding tert-OH is 1. The van der Waals surface area contributed by atoms with Gasteiger partial charge in [0.25, 0.3) is 0 Å². The Balaban J connectivity index is 0.994. The molecule has 0 aromatic rings. The summed E-state index contributed by atoms with van der Waals surface area (Å²) in [7, 11) is 1.66. The molecule has 0 aliphatic carbocycles. The maximum absolute atomic E-state index is 14.1. The molecule has 10 aliphatic rings. The minimum atomic E-state index is -0.780. The summed E-state index contributed by atoms with van der Waals surface area (Å²) in [5.41, 5.74) is 8.01. The van der Waals surface area contributed by atoms with Crippen LogP contribution in [0.5, 0.6) is 0 Å². The van der Waals surface area contributed by atoms with Crippen LogP contribution in [0.25, 0.3) is 0 Å². The molecule has 12 heteroatoms. The highest BCUT2D eigenvalue weighted by atomic mass is 16.8. The third-order valence-corrected chi connectivity index (χ3v) is 14.0. The Morgan fingerprint density at radius 3 is 2.38 bits per heavy atom. The average molecular weight is 730 g/mol. The number of hydrogen-bond acceptors (Lipinski definition) is 12. The first-order valence-electron chi connectivity index (χ1n) is 20.2. The maximum Gasteiger partial charge on any atom is 0.172 e. The number of carbonyl (C=O) groups is 1. The third kappa shape index (κ3) is 6.59. The predicted octanol–water partition coefficient (Wildman–Crippen LogP) is 3.44. The Kier molecular flexibility index (Phi) is 10.0. The van der Waals surface area contributed by atoms with Gasteiger partial charge in [-0.3, -0.25) is 4.79 Å². The minimum Gasteiger partial charge on any atom is -0.392 e. The van der Waals surface area contributed by atoms with Crippen molar-refractivity contribution in [3.05, 3.63) is 24.3 Å². The van der Waals surface area contributed by atoms with Gasteiger partial charge in [-0.05, 0) is 62.0 Å². The fraction of sp³-hybridized carbons (Fsp3) is 0.875. The molecule has 12 unspecified atom stereocenters. The Morgan fingerprint density at radius 2 is 1.56 bits per heavy atom. The number of carbonyl (C=O) groups excluding carboxylic acids is 1. The highest BCUT2D eigenvalue weighted by molar-refractivity contribution is 5.79. The summed E-state index contributed by atoms with van der Waals surface area (Å²) in [4.78, 5) is 14.1. The molecule has 10 fully saturated rings. The summed E-state index contributed by atoms with van der Waals surface area (Å²) in [6.07, 6.45) is 4.85. The molecule has 290 valence electrons. The number of methoxy groups -OCH3 is 1. The summed E-state index contributed by atoms with van der Waals surface area (Å²) >= 11 is 0. The molecule has 10 rings (SSSR count). The van der Waals surface area contributed by atoms with Crippen molar-refractivity contribution in [2.45, 2.75) is 194 Å². The van der Waals surface area contributed by atoms with Crippen LogP contribution in [0.1, 0.15) is 90.4 Å². The molecule has 0 aromatic carbocycles. The second kappa shape index (κ2) is 14.3. The van der Waals surface area contributed by atoms with E-state index in [2.05, 4.69) is 20.1 Å². The number of nitrogens with two attached hydrogens (primary N) is 1. The van der Waals surface area contributed by atoms with Crippen molar-refractivity contribution in [3.63, 3.8) is 0 Å². The van der Waals surface area contributed by atoms with E-state index in [1.807, 2.05) is 0 Å². The fourth-order valence-corrected chi connectivity index (χ4v) is 11.3. The topological polar surface area (TPSA) is 146 Å². The van der Waals surface area contributed by atoms with Gasteiger partial charge >= 0.3 is 0 Å². The van der Waals surface area contributed by atoms with Crippen LogP contribution in [0.4, 0.5) is 0 Å². The molecule has 10 aliphatic heterocycles. The minimum absolute atomic E-state index is 0.0158. The summed E-state index contributed by atoms with van der Waals surface area (Å²) in [6, 6.07) is 0. The Hall–Kier alpha value is -1.29. The Labute approximate surface area is 307 Å². The molecule has 3 N–H and O–H groups in total. The third-order valence-electron chi connectivity index (χ3n) is 14.0. The van der Waals surface area contributed by atoms with Crippen molar-refractivity contribution >= 4 is 5.78 Å². The first-order chi connectivity index (χ1) is 25.1. The highest BCUT2D eigenvalue weighted by Crippen LogP contribution is 2.54. The van der Waals surface area contributed by atoms with Crippen LogP contribution in [0, 0.1) is 11.8 Å². The number of ether oxygens (including phenoxy) is 9. The zero-order valence-corrected chi connectivity index (χ0v) is 30.8. The van der Waals surface area contributed by atoms with E-state index in [1.165, 1.54) is 0 Å². The van der Waals surface area contributed by atoms with Gasteiger partial charge in [-0.25, -0.2) is 0 Å². The van der Waals surface area contributed by atoms with E-state index in [9.17, 15) is 9.90 Å². The molecule has 0 amide bonds. The number of rotatable bonds is 4. The maximum atomic E-state index is 14.1. The van der Waals surface area contributed by atoms with Gasteiger partial charge < -0.3 is 53.5 Å². The van der Waals surface area contributed by atoms with E-state index < -0.39 is 18.0 Å². The molecule has 0 radical (unpaired) electrons. The fourth-order valence-electron chi connectivity index (χ4n) is 11.3. The number of hydrogen-bond donors (Lipinski definition) is 2. The number of fused-ring (bicyclic) bond motifs is 6. The zero-order chi connectivity index (χ0) is 35.9. The lowest BCUT2D eigenvalue weighted by atomic mass is 9.81. The van der Waals surface area contributed by atoms with E-state index >= 15 is 0 Å². The molecule has 1 spiro atoms. The lowest BCUT2D eigenvalue weighted by molar-refractivity contribution is -0.292. The molecule has 0 saturated carbocycles. The molecule has 10 saturated heterocycles. The van der Waals surface area contributed by atoms with Crippen LogP contribution >= 0.6 is 0 Å². The van der Waals surface area contributed by atoms with Crippen LogP contribution in [-0.2, 0) is 47.4 Å². The van der Waals surface area contributed by atoms with Gasteiger partial charge in [-0.2, -0.15) is 0 Å². The van der Waals surface area contributed by atoms with Crippen molar-refractivity contribution in [1.82, 2.24) is 0 Å². The van der Waals surface area contributed by atoms with Crippen LogP contribution < -0.4 is 5.73 Å². The smallest absolute Gasteiger partial charge is 0.172 e. The lowest BCUT2D eigenvalue weighted by Gasteiger charge is -2.47. The molecular weight excluding hydrogens is 670 g/mol. The van der Waals surface area contributed by atoms with Crippen molar-refractivity contribution < 1.29 is 52.5 Å². The van der Waals surface area contributed by atoms with Crippen molar-refractivity contribution in [1.29, 1.82) is 0 Å². The van der Waals surface area contributed by atoms with E-state index in [4.69, 9.17) is 48.4 Å². The largest absolute Gasteiger partial charge is 0.392 e. The molecule has 19 atom stereocenters. The molecule has 12 bridgehead atoms. The second-order valence-electron chi connectivity index (χ2n) is 17.4. The van der Waals surface area contributed by atoms with Gasteiger partial charge in [0, 0.05) is 58.1 Å². The molecular formula is C40H59NO11. The Morgan fingerprint density at radius 1 is 0.808 bits per heavy atom. The molecule has 0 aromatic heterocycles. The summed E-state index contributed by atoms with van der Waals surface area (Å²) in [6.45, 7) is 11.3. The van der Waals surface area contributed by atoms with Gasteiger partial charge in [0.05, 0.1) is 67.1 Å². The number of Topliss-reactive ketones (excluding diaryl/α,β-unsaturated/α-hetero) is 1. The monoisotopic (exact) mass is 729 g/mol. The second-order valence-corrected chi connectivity index (χ2v) is 17.4. The van der Waals surface area contributed by atoms with Crippen molar-refractivity contribution in [3.8, 4) is 0 Å². The number of ketones is 1. The van der Waals surface area contributed by atoms with E-state index in [0.29, 0.717) is 25.7 Å². The first kappa shape index (κ1) is 36.4. The van der Waals surface area contributed by atoms with Crippen LogP contribution in [0.2, 0.25) is 0 Å². The normalized spacial score (nSPS) is 52.4. The SMILES string of the molecule is C=C1C(C)CC2CC[C@@H]3OC(CC[C@@]45CC6OC7C(O4)[C@H]4OC(CCC4O[C@H]7C6O5)CC(=O)CC4[C@H](CC1O2)O[C@H](CC(O)CN)[C@@H]4OC)CC3=C. The van der Waals surface area contributed by atoms with Gasteiger partial charge in [-0.15, -0.1) is 0 Å². The quantitative estimate of drug-likeness (QED) is 0.409. The van der Waals surface area contributed by atoms with Crippen LogP contribution in [0.3, 0.4) is 0 Å². The van der Waals surface area contributed by atoms with Gasteiger partial charge in [0.15, 0.2) is 5.79 Å². The molecule has 12 nitrogen and oxygen atoms in total. The summed E-state index contributed by atoms with van der Waals surface area (Å²) in [5.74, 6) is -0.619. The van der Waals surface area contributed by atoms with Gasteiger partial charge in [-0.1, -0.05) is 20.1 Å². The van der Waals surface area contributed by atoms with Gasteiger partial charge in [0.1, 0.15) is 36.3 Å². The van der Waals surface area contributed by atoms with E-state index in [1.54, 1.807) is 7.11 Å². The Bertz CT molecular complexity index is 1380. The summed E-state index contributed by atoms with van der Waals surface area (Å²) in [5, 5.41) is 10.5. The summed E-state index contributed by atoms with van der Waals surface area (Å²) < 4.78 is 60.0. The number of aliphatic hydroxyl groups is 1. The van der Waals surface area contributed by atoms with Crippen LogP contribution in [-0.4, -0.2) is 128 Å². The standard InChI is InChI=1S/C40H59NO11/c1-19-11-24-5-7-28-20(2)12-26(45-28)9-10-40-17-33-36(51-40)37-38(50-33)39(52-40)35-29(49-37)8-6-25(47-35)13-22(42)14-27-31(16-30(46-24)21(19)3)48-32(34(27)44-4)15-23(43)18-41/h19,23-39,43H,2-3,5-18,41H2,1,4H3/t19?,23?,24?,25?,26?,27?,28-,29?,30?,31-,32+,33?,34+,35-,36?,37-,38?,39?,40-/m0/s1.